The minimum absolute atomic E-state index is 0.183. The first-order chi connectivity index (χ1) is 10.1. The molecule has 6 nitrogen and oxygen atoms in total. The van der Waals surface area contributed by atoms with Crippen molar-refractivity contribution in [2.24, 2.45) is 0 Å². The summed E-state index contributed by atoms with van der Waals surface area (Å²) < 4.78 is 10.2. The third-order valence-corrected chi connectivity index (χ3v) is 2.67. The van der Waals surface area contributed by atoms with Gasteiger partial charge in [-0.2, -0.15) is 0 Å². The number of ether oxygens (including phenoxy) is 2. The zero-order valence-corrected chi connectivity index (χ0v) is 12.4. The van der Waals surface area contributed by atoms with E-state index < -0.39 is 0 Å². The number of amides is 2. The number of rotatable bonds is 7. The Morgan fingerprint density at radius 2 is 1.76 bits per heavy atom. The lowest BCUT2D eigenvalue weighted by Crippen LogP contribution is -2.34. The summed E-state index contributed by atoms with van der Waals surface area (Å²) in [6.07, 6.45) is 3.08. The molecular formula is C15H20N2O4. The van der Waals surface area contributed by atoms with Gasteiger partial charge in [-0.3, -0.25) is 9.59 Å². The van der Waals surface area contributed by atoms with Gasteiger partial charge in [0.25, 0.3) is 5.91 Å². The number of nitrogens with one attached hydrogen (secondary N) is 2. The molecule has 0 saturated heterocycles. The molecule has 0 bridgehead atoms. The Morgan fingerprint density at radius 3 is 2.38 bits per heavy atom. The first-order valence-corrected chi connectivity index (χ1v) is 6.53. The fourth-order valence-electron chi connectivity index (χ4n) is 1.65. The van der Waals surface area contributed by atoms with Crippen molar-refractivity contribution in [3.05, 3.63) is 35.9 Å². The number of hydrogen-bond donors (Lipinski definition) is 2. The fraction of sp³-hybridized carbons (Fsp3) is 0.333. The Balaban J connectivity index is 2.50. The van der Waals surface area contributed by atoms with E-state index >= 15 is 0 Å². The van der Waals surface area contributed by atoms with Crippen molar-refractivity contribution in [2.45, 2.75) is 6.92 Å². The maximum Gasteiger partial charge on any atom is 0.251 e. The Hall–Kier alpha value is -2.50. The molecule has 0 spiro atoms. The normalized spacial score (nSPS) is 10.2. The van der Waals surface area contributed by atoms with E-state index in [0.717, 1.165) is 0 Å². The van der Waals surface area contributed by atoms with Crippen LogP contribution >= 0.6 is 0 Å². The molecule has 2 N–H and O–H groups in total. The van der Waals surface area contributed by atoms with E-state index in [1.165, 1.54) is 20.3 Å². The van der Waals surface area contributed by atoms with Crippen LogP contribution in [0, 0.1) is 0 Å². The molecule has 0 aliphatic heterocycles. The van der Waals surface area contributed by atoms with Gasteiger partial charge < -0.3 is 20.1 Å². The second-order valence-electron chi connectivity index (χ2n) is 4.12. The third kappa shape index (κ3) is 5.18. The first-order valence-electron chi connectivity index (χ1n) is 6.53. The number of hydrogen-bond acceptors (Lipinski definition) is 4. The third-order valence-electron chi connectivity index (χ3n) is 2.67. The zero-order chi connectivity index (χ0) is 15.7. The summed E-state index contributed by atoms with van der Waals surface area (Å²) in [5.41, 5.74) is 0.465. The molecule has 0 radical (unpaired) electrons. The van der Waals surface area contributed by atoms with Gasteiger partial charge in [0.2, 0.25) is 5.91 Å². The highest BCUT2D eigenvalue weighted by Gasteiger charge is 2.10. The SMILES string of the molecule is C/C=C/C(=O)NCCNC(=O)c1ccc(OC)c(OC)c1. The molecule has 21 heavy (non-hydrogen) atoms. The van der Waals surface area contributed by atoms with E-state index in [2.05, 4.69) is 10.6 Å². The van der Waals surface area contributed by atoms with E-state index in [9.17, 15) is 9.59 Å². The van der Waals surface area contributed by atoms with Crippen LogP contribution in [-0.2, 0) is 4.79 Å². The van der Waals surface area contributed by atoms with Crippen LogP contribution in [0.3, 0.4) is 0 Å². The summed E-state index contributed by atoms with van der Waals surface area (Å²) in [6, 6.07) is 4.92. The highest BCUT2D eigenvalue weighted by atomic mass is 16.5. The predicted molar refractivity (Wildman–Crippen MR) is 79.7 cm³/mol. The average molecular weight is 292 g/mol. The highest BCUT2D eigenvalue weighted by Crippen LogP contribution is 2.27. The molecule has 1 aromatic carbocycles. The molecule has 2 amide bonds. The smallest absolute Gasteiger partial charge is 0.251 e. The topological polar surface area (TPSA) is 76.7 Å². The van der Waals surface area contributed by atoms with Gasteiger partial charge in [-0.15, -0.1) is 0 Å². The number of benzene rings is 1. The summed E-state index contributed by atoms with van der Waals surface area (Å²) in [5, 5.41) is 5.36. The maximum absolute atomic E-state index is 11.9. The molecule has 114 valence electrons. The lowest BCUT2D eigenvalue weighted by Gasteiger charge is -2.10. The van der Waals surface area contributed by atoms with Crippen molar-refractivity contribution in [1.82, 2.24) is 10.6 Å². The molecule has 0 aliphatic carbocycles. The maximum atomic E-state index is 11.9. The van der Waals surface area contributed by atoms with E-state index in [0.29, 0.717) is 30.2 Å². The van der Waals surface area contributed by atoms with Gasteiger partial charge >= 0.3 is 0 Å². The Labute approximate surface area is 124 Å². The Bertz CT molecular complexity index is 526. The molecule has 1 aromatic rings. The minimum Gasteiger partial charge on any atom is -0.493 e. The quantitative estimate of drug-likeness (QED) is 0.583. The van der Waals surface area contributed by atoms with Crippen LogP contribution in [-0.4, -0.2) is 39.1 Å². The monoisotopic (exact) mass is 292 g/mol. The molecule has 0 aromatic heterocycles. The van der Waals surface area contributed by atoms with Crippen LogP contribution in [0.1, 0.15) is 17.3 Å². The lowest BCUT2D eigenvalue weighted by atomic mass is 10.2. The first kappa shape index (κ1) is 16.6. The molecule has 0 aliphatic rings. The van der Waals surface area contributed by atoms with Gasteiger partial charge in [-0.25, -0.2) is 0 Å². The summed E-state index contributed by atoms with van der Waals surface area (Å²) in [5.74, 6) is 0.633. The largest absolute Gasteiger partial charge is 0.493 e. The minimum atomic E-state index is -0.240. The predicted octanol–water partition coefficient (Wildman–Crippen LogP) is 1.13. The molecular weight excluding hydrogens is 272 g/mol. The second-order valence-corrected chi connectivity index (χ2v) is 4.12. The summed E-state index contributed by atoms with van der Waals surface area (Å²) in [6.45, 7) is 2.47. The number of carbonyl (C=O) groups excluding carboxylic acids is 2. The van der Waals surface area contributed by atoms with Gasteiger partial charge in [-0.05, 0) is 31.2 Å². The van der Waals surface area contributed by atoms with Crippen LogP contribution in [0.15, 0.2) is 30.4 Å². The van der Waals surface area contributed by atoms with Gasteiger partial charge in [0.1, 0.15) is 0 Å². The molecule has 0 saturated carbocycles. The molecule has 0 unspecified atom stereocenters. The summed E-state index contributed by atoms with van der Waals surface area (Å²) in [7, 11) is 3.04. The Kier molecular flexibility index (Phi) is 6.80. The van der Waals surface area contributed by atoms with Gasteiger partial charge in [0.15, 0.2) is 11.5 Å². The van der Waals surface area contributed by atoms with Crippen LogP contribution in [0.4, 0.5) is 0 Å². The van der Waals surface area contributed by atoms with Crippen molar-refractivity contribution in [1.29, 1.82) is 0 Å². The molecule has 0 fully saturated rings. The van der Waals surface area contributed by atoms with Crippen molar-refractivity contribution >= 4 is 11.8 Å². The molecule has 0 heterocycles. The van der Waals surface area contributed by atoms with Crippen LogP contribution < -0.4 is 20.1 Å². The molecule has 1 rings (SSSR count). The van der Waals surface area contributed by atoms with Crippen LogP contribution in [0.2, 0.25) is 0 Å². The number of carbonyl (C=O) groups is 2. The van der Waals surface area contributed by atoms with Crippen molar-refractivity contribution < 1.29 is 19.1 Å². The van der Waals surface area contributed by atoms with Gasteiger partial charge in [-0.1, -0.05) is 6.08 Å². The van der Waals surface area contributed by atoms with Crippen LogP contribution in [0.5, 0.6) is 11.5 Å². The van der Waals surface area contributed by atoms with E-state index in [1.54, 1.807) is 31.2 Å². The van der Waals surface area contributed by atoms with Crippen molar-refractivity contribution in [3.8, 4) is 11.5 Å². The average Bonchev–Trinajstić information content (AvgIpc) is 2.50. The summed E-state index contributed by atoms with van der Waals surface area (Å²) in [4.78, 5) is 23.1. The second kappa shape index (κ2) is 8.63. The van der Waals surface area contributed by atoms with Gasteiger partial charge in [0, 0.05) is 18.7 Å². The van der Waals surface area contributed by atoms with E-state index in [-0.39, 0.29) is 11.8 Å². The molecule has 6 heteroatoms. The molecule has 0 atom stereocenters. The Morgan fingerprint density at radius 1 is 1.10 bits per heavy atom. The zero-order valence-electron chi connectivity index (χ0n) is 12.4. The van der Waals surface area contributed by atoms with Crippen LogP contribution in [0.25, 0.3) is 0 Å². The van der Waals surface area contributed by atoms with E-state index in [4.69, 9.17) is 9.47 Å². The van der Waals surface area contributed by atoms with Crippen molar-refractivity contribution in [3.63, 3.8) is 0 Å². The van der Waals surface area contributed by atoms with E-state index in [1.807, 2.05) is 0 Å². The number of allylic oxidation sites excluding steroid dienone is 1. The highest BCUT2D eigenvalue weighted by molar-refractivity contribution is 5.95. The number of methoxy groups -OCH3 is 2. The van der Waals surface area contributed by atoms with Crippen molar-refractivity contribution in [2.75, 3.05) is 27.3 Å². The fourth-order valence-corrected chi connectivity index (χ4v) is 1.65. The standard InChI is InChI=1S/C15H20N2O4/c1-4-5-14(18)16-8-9-17-15(19)11-6-7-12(20-2)13(10-11)21-3/h4-7,10H,8-9H2,1-3H3,(H,16,18)(H,17,19)/b5-4+. The van der Waals surface area contributed by atoms with Gasteiger partial charge in [0.05, 0.1) is 14.2 Å². The lowest BCUT2D eigenvalue weighted by molar-refractivity contribution is -0.116. The summed E-state index contributed by atoms with van der Waals surface area (Å²) >= 11 is 0.